The summed E-state index contributed by atoms with van der Waals surface area (Å²) in [6.45, 7) is 0. The van der Waals surface area contributed by atoms with Crippen LogP contribution in [-0.4, -0.2) is 18.1 Å². The normalized spacial score (nSPS) is 9.77. The number of nitrogens with zero attached hydrogens (tertiary/aromatic N) is 1. The lowest BCUT2D eigenvalue weighted by atomic mass is 10.2. The second-order valence-electron chi connectivity index (χ2n) is 2.32. The van der Waals surface area contributed by atoms with Crippen LogP contribution in [0.2, 0.25) is 0 Å². The monoisotopic (exact) mass is 247 g/mol. The molecule has 0 atom stereocenters. The van der Waals surface area contributed by atoms with Crippen LogP contribution in [0.5, 0.6) is 0 Å². The summed E-state index contributed by atoms with van der Waals surface area (Å²) in [6, 6.07) is 1.57. The van der Waals surface area contributed by atoms with Crippen LogP contribution in [0.1, 0.15) is 5.56 Å². The molecule has 1 rings (SSSR count). The Hall–Kier alpha value is -0.970. The van der Waals surface area contributed by atoms with Crippen LogP contribution in [0.3, 0.4) is 0 Å². The zero-order chi connectivity index (χ0) is 9.84. The molecule has 0 aliphatic heterocycles. The highest BCUT2D eigenvalue weighted by Crippen LogP contribution is 2.18. The minimum atomic E-state index is -0.653. The standard InChI is InChI=1S/C8H7BrFNO2/c1-13-7(12)4-5-6(9)2-3-11-8(5)10/h2-3H,4H2,1H3. The van der Waals surface area contributed by atoms with Crippen molar-refractivity contribution in [3.63, 3.8) is 0 Å². The molecular weight excluding hydrogens is 241 g/mol. The number of carbonyl (C=O) groups excluding carboxylic acids is 1. The van der Waals surface area contributed by atoms with E-state index < -0.39 is 11.9 Å². The maximum atomic E-state index is 13.0. The van der Waals surface area contributed by atoms with Crippen molar-refractivity contribution in [2.45, 2.75) is 6.42 Å². The molecule has 0 bridgehead atoms. The zero-order valence-corrected chi connectivity index (χ0v) is 8.47. The van der Waals surface area contributed by atoms with Gasteiger partial charge in [0.25, 0.3) is 0 Å². The van der Waals surface area contributed by atoms with E-state index in [1.165, 1.54) is 13.3 Å². The fourth-order valence-electron chi connectivity index (χ4n) is 0.819. The van der Waals surface area contributed by atoms with Gasteiger partial charge in [-0.15, -0.1) is 0 Å². The summed E-state index contributed by atoms with van der Waals surface area (Å²) in [5, 5.41) is 0. The van der Waals surface area contributed by atoms with Crippen LogP contribution in [0.25, 0.3) is 0 Å². The van der Waals surface area contributed by atoms with Gasteiger partial charge in [-0.1, -0.05) is 15.9 Å². The lowest BCUT2D eigenvalue weighted by molar-refractivity contribution is -0.139. The van der Waals surface area contributed by atoms with Crippen LogP contribution in [-0.2, 0) is 16.0 Å². The maximum Gasteiger partial charge on any atom is 0.310 e. The summed E-state index contributed by atoms with van der Waals surface area (Å²) in [7, 11) is 1.25. The molecule has 3 nitrogen and oxygen atoms in total. The molecule has 0 unspecified atom stereocenters. The molecule has 0 spiro atoms. The van der Waals surface area contributed by atoms with Gasteiger partial charge in [0.05, 0.1) is 13.5 Å². The van der Waals surface area contributed by atoms with Gasteiger partial charge >= 0.3 is 5.97 Å². The number of methoxy groups -OCH3 is 1. The molecule has 0 fully saturated rings. The first-order chi connectivity index (χ1) is 6.15. The van der Waals surface area contributed by atoms with E-state index in [9.17, 15) is 9.18 Å². The summed E-state index contributed by atoms with van der Waals surface area (Å²) in [6.07, 6.45) is 1.21. The Balaban J connectivity index is 2.93. The van der Waals surface area contributed by atoms with E-state index in [-0.39, 0.29) is 12.0 Å². The number of carbonyl (C=O) groups is 1. The number of hydrogen-bond acceptors (Lipinski definition) is 3. The Morgan fingerprint density at radius 2 is 2.46 bits per heavy atom. The number of hydrogen-bond donors (Lipinski definition) is 0. The SMILES string of the molecule is COC(=O)Cc1c(Br)ccnc1F. The van der Waals surface area contributed by atoms with Gasteiger partial charge in [0, 0.05) is 16.2 Å². The third-order valence-electron chi connectivity index (χ3n) is 1.49. The van der Waals surface area contributed by atoms with Gasteiger partial charge in [0.1, 0.15) is 0 Å². The van der Waals surface area contributed by atoms with E-state index in [1.54, 1.807) is 6.07 Å². The van der Waals surface area contributed by atoms with Gasteiger partial charge in [-0.25, -0.2) is 4.98 Å². The van der Waals surface area contributed by atoms with Crippen molar-refractivity contribution in [2.75, 3.05) is 7.11 Å². The second kappa shape index (κ2) is 4.32. The molecule has 1 aromatic rings. The quantitative estimate of drug-likeness (QED) is 0.590. The number of halogens is 2. The van der Waals surface area contributed by atoms with Crippen LogP contribution < -0.4 is 0 Å². The third kappa shape index (κ3) is 2.48. The molecule has 0 amide bonds. The molecule has 5 heteroatoms. The second-order valence-corrected chi connectivity index (χ2v) is 3.17. The molecule has 0 aliphatic carbocycles. The number of aromatic nitrogens is 1. The van der Waals surface area contributed by atoms with E-state index in [1.807, 2.05) is 0 Å². The minimum Gasteiger partial charge on any atom is -0.469 e. The van der Waals surface area contributed by atoms with Crippen LogP contribution in [0, 0.1) is 5.95 Å². The van der Waals surface area contributed by atoms with Gasteiger partial charge in [-0.3, -0.25) is 4.79 Å². The van der Waals surface area contributed by atoms with E-state index in [2.05, 4.69) is 25.7 Å². The summed E-state index contributed by atoms with van der Waals surface area (Å²) in [4.78, 5) is 14.3. The smallest absolute Gasteiger partial charge is 0.310 e. The fraction of sp³-hybridized carbons (Fsp3) is 0.250. The molecule has 0 N–H and O–H groups in total. The number of rotatable bonds is 2. The summed E-state index contributed by atoms with van der Waals surface area (Å²) >= 11 is 3.12. The largest absolute Gasteiger partial charge is 0.469 e. The fourth-order valence-corrected chi connectivity index (χ4v) is 1.24. The van der Waals surface area contributed by atoms with Crippen molar-refractivity contribution in [2.24, 2.45) is 0 Å². The molecule has 13 heavy (non-hydrogen) atoms. The molecule has 0 radical (unpaired) electrons. The van der Waals surface area contributed by atoms with Crippen molar-refractivity contribution in [3.05, 3.63) is 28.2 Å². The van der Waals surface area contributed by atoms with Crippen molar-refractivity contribution in [3.8, 4) is 0 Å². The third-order valence-corrected chi connectivity index (χ3v) is 2.24. The van der Waals surface area contributed by atoms with Gasteiger partial charge in [0.15, 0.2) is 0 Å². The first-order valence-corrected chi connectivity index (χ1v) is 4.30. The van der Waals surface area contributed by atoms with Crippen molar-refractivity contribution in [1.29, 1.82) is 0 Å². The van der Waals surface area contributed by atoms with Gasteiger partial charge in [0.2, 0.25) is 5.95 Å². The maximum absolute atomic E-state index is 13.0. The predicted octanol–water partition coefficient (Wildman–Crippen LogP) is 1.70. The Morgan fingerprint density at radius 1 is 1.77 bits per heavy atom. The molecule has 0 aliphatic rings. The molecule has 1 heterocycles. The Morgan fingerprint density at radius 3 is 3.00 bits per heavy atom. The lowest BCUT2D eigenvalue weighted by Gasteiger charge is -2.02. The zero-order valence-electron chi connectivity index (χ0n) is 6.88. The highest BCUT2D eigenvalue weighted by molar-refractivity contribution is 9.10. The molecule has 0 saturated heterocycles. The Labute approximate surface area is 83.1 Å². The van der Waals surface area contributed by atoms with E-state index in [0.29, 0.717) is 4.47 Å². The predicted molar refractivity (Wildman–Crippen MR) is 47.6 cm³/mol. The summed E-state index contributed by atoms with van der Waals surface area (Å²) < 4.78 is 17.9. The first-order valence-electron chi connectivity index (χ1n) is 3.51. The van der Waals surface area contributed by atoms with Crippen LogP contribution in [0.4, 0.5) is 4.39 Å². The van der Waals surface area contributed by atoms with Crippen LogP contribution >= 0.6 is 15.9 Å². The molecule has 1 aromatic heterocycles. The highest BCUT2D eigenvalue weighted by Gasteiger charge is 2.12. The number of esters is 1. The van der Waals surface area contributed by atoms with Crippen molar-refractivity contribution < 1.29 is 13.9 Å². The van der Waals surface area contributed by atoms with E-state index in [4.69, 9.17) is 0 Å². The lowest BCUT2D eigenvalue weighted by Crippen LogP contribution is -2.07. The van der Waals surface area contributed by atoms with Gasteiger partial charge < -0.3 is 4.74 Å². The topological polar surface area (TPSA) is 39.2 Å². The number of pyridine rings is 1. The Bertz CT molecular complexity index is 310. The van der Waals surface area contributed by atoms with Gasteiger partial charge in [-0.05, 0) is 6.07 Å². The van der Waals surface area contributed by atoms with Gasteiger partial charge in [-0.2, -0.15) is 4.39 Å². The highest BCUT2D eigenvalue weighted by atomic mass is 79.9. The van der Waals surface area contributed by atoms with Crippen molar-refractivity contribution >= 4 is 21.9 Å². The first kappa shape index (κ1) is 10.1. The van der Waals surface area contributed by atoms with E-state index >= 15 is 0 Å². The molecule has 0 saturated carbocycles. The Kier molecular flexibility index (Phi) is 3.36. The molecule has 0 aromatic carbocycles. The molecule has 70 valence electrons. The average Bonchev–Trinajstić information content (AvgIpc) is 2.11. The summed E-state index contributed by atoms with van der Waals surface area (Å²) in [5.41, 5.74) is 0.217. The summed E-state index contributed by atoms with van der Waals surface area (Å²) in [5.74, 6) is -1.15. The van der Waals surface area contributed by atoms with Crippen LogP contribution in [0.15, 0.2) is 16.7 Å². The van der Waals surface area contributed by atoms with Crippen molar-refractivity contribution in [1.82, 2.24) is 4.98 Å². The average molecular weight is 248 g/mol. The minimum absolute atomic E-state index is 0.114. The molecular formula is C8H7BrFNO2. The number of ether oxygens (including phenoxy) is 1. The van der Waals surface area contributed by atoms with E-state index in [0.717, 1.165) is 0 Å².